The molecule has 1 unspecified atom stereocenters. The smallest absolute Gasteiger partial charge is 0.169 e. The van der Waals surface area contributed by atoms with E-state index in [9.17, 15) is 5.11 Å². The van der Waals surface area contributed by atoms with Crippen molar-refractivity contribution in [1.82, 2.24) is 0 Å². The topological polar surface area (TPSA) is 51.8 Å². The van der Waals surface area contributed by atoms with Crippen molar-refractivity contribution < 1.29 is 19.0 Å². The van der Waals surface area contributed by atoms with E-state index in [0.29, 0.717) is 11.8 Å². The molecule has 3 aliphatic rings. The largest absolute Gasteiger partial charge is 0.472 e. The van der Waals surface area contributed by atoms with E-state index < -0.39 is 11.5 Å². The van der Waals surface area contributed by atoms with E-state index in [1.165, 1.54) is 11.1 Å². The lowest BCUT2D eigenvalue weighted by molar-refractivity contribution is -0.325. The first-order chi connectivity index (χ1) is 12.1. The quantitative estimate of drug-likeness (QED) is 0.839. The molecular weight excluding hydrogens is 316 g/mol. The monoisotopic (exact) mass is 346 g/mol. The minimum absolute atomic E-state index is 0.0844. The first-order valence-corrected chi connectivity index (χ1v) is 9.56. The van der Waals surface area contributed by atoms with Crippen LogP contribution in [0.1, 0.15) is 45.1 Å². The summed E-state index contributed by atoms with van der Waals surface area (Å²) < 4.78 is 17.3. The zero-order chi connectivity index (χ0) is 17.7. The zero-order valence-electron chi connectivity index (χ0n) is 15.5. The highest BCUT2D eigenvalue weighted by molar-refractivity contribution is 5.28. The number of aliphatic hydroxyl groups is 1. The Kier molecular flexibility index (Phi) is 4.33. The molecule has 138 valence electrons. The van der Waals surface area contributed by atoms with Crippen molar-refractivity contribution in [2.75, 3.05) is 13.7 Å². The van der Waals surface area contributed by atoms with E-state index in [1.54, 1.807) is 13.4 Å². The second-order valence-corrected chi connectivity index (χ2v) is 8.35. The Morgan fingerprint density at radius 3 is 2.96 bits per heavy atom. The third-order valence-electron chi connectivity index (χ3n) is 7.54. The Bertz CT molecular complexity index is 636. The van der Waals surface area contributed by atoms with Gasteiger partial charge in [0, 0.05) is 12.5 Å². The predicted molar refractivity (Wildman–Crippen MR) is 94.9 cm³/mol. The van der Waals surface area contributed by atoms with E-state index in [2.05, 4.69) is 26.0 Å². The molecule has 0 spiro atoms. The van der Waals surface area contributed by atoms with E-state index in [-0.39, 0.29) is 11.7 Å². The Morgan fingerprint density at radius 1 is 1.40 bits per heavy atom. The van der Waals surface area contributed by atoms with Gasteiger partial charge in [-0.3, -0.25) is 0 Å². The van der Waals surface area contributed by atoms with E-state index >= 15 is 0 Å². The van der Waals surface area contributed by atoms with Gasteiger partial charge in [-0.15, -0.1) is 0 Å². The van der Waals surface area contributed by atoms with Crippen molar-refractivity contribution in [2.45, 2.75) is 58.3 Å². The molecule has 1 aromatic heterocycles. The summed E-state index contributed by atoms with van der Waals surface area (Å²) in [6.07, 6.45) is 10.2. The van der Waals surface area contributed by atoms with Gasteiger partial charge in [-0.2, -0.15) is 0 Å². The molecule has 1 saturated heterocycles. The van der Waals surface area contributed by atoms with E-state index in [0.717, 1.165) is 38.7 Å². The molecule has 25 heavy (non-hydrogen) atoms. The molecule has 1 N–H and O–H groups in total. The lowest BCUT2D eigenvalue weighted by Crippen LogP contribution is -2.69. The number of hydrogen-bond donors (Lipinski definition) is 1. The van der Waals surface area contributed by atoms with Crippen molar-refractivity contribution >= 4 is 0 Å². The van der Waals surface area contributed by atoms with Crippen LogP contribution in [-0.4, -0.2) is 31.2 Å². The molecule has 0 radical (unpaired) electrons. The molecule has 4 rings (SSSR count). The van der Waals surface area contributed by atoms with Crippen LogP contribution < -0.4 is 0 Å². The van der Waals surface area contributed by atoms with Gasteiger partial charge >= 0.3 is 0 Å². The molecule has 1 aromatic rings. The molecule has 0 amide bonds. The van der Waals surface area contributed by atoms with Gasteiger partial charge in [-0.25, -0.2) is 0 Å². The van der Waals surface area contributed by atoms with E-state index in [4.69, 9.17) is 13.9 Å². The predicted octanol–water partition coefficient (Wildman–Crippen LogP) is 3.94. The van der Waals surface area contributed by atoms with Gasteiger partial charge in [0.05, 0.1) is 30.7 Å². The highest BCUT2D eigenvalue weighted by Crippen LogP contribution is 2.66. The molecule has 2 fully saturated rings. The highest BCUT2D eigenvalue weighted by Gasteiger charge is 2.67. The summed E-state index contributed by atoms with van der Waals surface area (Å²) >= 11 is 0. The van der Waals surface area contributed by atoms with Gasteiger partial charge in [-0.05, 0) is 62.5 Å². The van der Waals surface area contributed by atoms with Gasteiger partial charge in [0.15, 0.2) is 6.29 Å². The maximum atomic E-state index is 11.2. The fraction of sp³-hybridized carbons (Fsp3) is 0.714. The normalized spacial score (nSPS) is 43.4. The molecular formula is C21H30O4. The van der Waals surface area contributed by atoms with Crippen molar-refractivity contribution in [3.8, 4) is 0 Å². The third kappa shape index (κ3) is 2.30. The van der Waals surface area contributed by atoms with Gasteiger partial charge in [0.1, 0.15) is 0 Å². The summed E-state index contributed by atoms with van der Waals surface area (Å²) in [6.45, 7) is 5.18. The number of furan rings is 1. The average molecular weight is 346 g/mol. The number of methoxy groups -OCH3 is 1. The lowest BCUT2D eigenvalue weighted by Gasteiger charge is -2.66. The third-order valence-corrected chi connectivity index (χ3v) is 7.54. The van der Waals surface area contributed by atoms with Gasteiger partial charge in [0.2, 0.25) is 0 Å². The molecule has 6 atom stereocenters. The minimum Gasteiger partial charge on any atom is -0.472 e. The summed E-state index contributed by atoms with van der Waals surface area (Å²) in [7, 11) is 1.71. The SMILES string of the molecule is COC1OC[C@]2(CCc3ccoc3)[C@H](C)C[C@H](O)[C@]13C(C)=CCC[C@H]23. The minimum atomic E-state index is -0.406. The molecule has 0 aromatic carbocycles. The summed E-state index contributed by atoms with van der Waals surface area (Å²) in [4.78, 5) is 0. The highest BCUT2D eigenvalue weighted by atomic mass is 16.7. The van der Waals surface area contributed by atoms with Gasteiger partial charge in [-0.1, -0.05) is 18.6 Å². The second kappa shape index (κ2) is 6.26. The fourth-order valence-corrected chi connectivity index (χ4v) is 6.21. The number of aliphatic hydroxyl groups excluding tert-OH is 1. The first-order valence-electron chi connectivity index (χ1n) is 9.56. The van der Waals surface area contributed by atoms with Crippen LogP contribution >= 0.6 is 0 Å². The van der Waals surface area contributed by atoms with Crippen molar-refractivity contribution in [3.63, 3.8) is 0 Å². The Hall–Kier alpha value is -1.10. The van der Waals surface area contributed by atoms with Crippen molar-refractivity contribution in [1.29, 1.82) is 0 Å². The van der Waals surface area contributed by atoms with Crippen LogP contribution in [0.15, 0.2) is 34.7 Å². The lowest BCUT2D eigenvalue weighted by atomic mass is 9.43. The van der Waals surface area contributed by atoms with Crippen LogP contribution in [-0.2, 0) is 15.9 Å². The molecule has 1 aliphatic heterocycles. The Balaban J connectivity index is 1.75. The molecule has 2 heterocycles. The van der Waals surface area contributed by atoms with Crippen LogP contribution in [0.5, 0.6) is 0 Å². The Morgan fingerprint density at radius 2 is 2.24 bits per heavy atom. The van der Waals surface area contributed by atoms with Crippen LogP contribution in [0.4, 0.5) is 0 Å². The van der Waals surface area contributed by atoms with Gasteiger partial charge in [0.25, 0.3) is 0 Å². The number of rotatable bonds is 4. The molecule has 4 heteroatoms. The number of aryl methyl sites for hydroxylation is 1. The van der Waals surface area contributed by atoms with Crippen LogP contribution in [0, 0.1) is 22.7 Å². The van der Waals surface area contributed by atoms with Crippen molar-refractivity contribution in [3.05, 3.63) is 35.8 Å². The maximum absolute atomic E-state index is 11.2. The Labute approximate surface area is 150 Å². The van der Waals surface area contributed by atoms with E-state index in [1.807, 2.05) is 6.26 Å². The summed E-state index contributed by atoms with van der Waals surface area (Å²) in [5.41, 5.74) is 2.19. The van der Waals surface area contributed by atoms with Crippen LogP contribution in [0.25, 0.3) is 0 Å². The second-order valence-electron chi connectivity index (χ2n) is 8.35. The summed E-state index contributed by atoms with van der Waals surface area (Å²) in [6, 6.07) is 2.06. The number of allylic oxidation sites excluding steroid dienone is 1. The van der Waals surface area contributed by atoms with Crippen LogP contribution in [0.2, 0.25) is 0 Å². The summed E-state index contributed by atoms with van der Waals surface area (Å²) in [5.74, 6) is 0.825. The molecule has 4 nitrogen and oxygen atoms in total. The number of ether oxygens (including phenoxy) is 2. The summed E-state index contributed by atoms with van der Waals surface area (Å²) in [5, 5.41) is 11.2. The first kappa shape index (κ1) is 17.3. The average Bonchev–Trinajstić information content (AvgIpc) is 3.12. The van der Waals surface area contributed by atoms with Gasteiger partial charge < -0.3 is 19.0 Å². The maximum Gasteiger partial charge on any atom is 0.169 e. The zero-order valence-corrected chi connectivity index (χ0v) is 15.5. The fourth-order valence-electron chi connectivity index (χ4n) is 6.21. The molecule has 1 saturated carbocycles. The van der Waals surface area contributed by atoms with Crippen LogP contribution in [0.3, 0.4) is 0 Å². The van der Waals surface area contributed by atoms with Crippen molar-refractivity contribution in [2.24, 2.45) is 22.7 Å². The molecule has 2 bridgehead atoms. The molecule has 2 aliphatic carbocycles. The standard InChI is InChI=1S/C21H30O4/c1-14-5-4-6-17-20(9-7-16-8-10-24-12-16)13-25-19(23-3)21(14,17)18(22)11-15(20)2/h5,8,10,12,15,17-19,22H,4,6-7,9,11,13H2,1-3H3/t15-,17-,18+,19?,20-,21-/m1/s1. The number of hydrogen-bond acceptors (Lipinski definition) is 4.